The minimum Gasteiger partial charge on any atom is -0.352 e. The van der Waals surface area contributed by atoms with Crippen molar-refractivity contribution in [1.82, 2.24) is 10.2 Å². The van der Waals surface area contributed by atoms with Gasteiger partial charge in [-0.2, -0.15) is 5.26 Å². The molecule has 0 aliphatic heterocycles. The molecule has 0 radical (unpaired) electrons. The Hall–Kier alpha value is -2.65. The number of hydrogen-bond acceptors (Lipinski definition) is 3. The highest BCUT2D eigenvalue weighted by Crippen LogP contribution is 2.11. The summed E-state index contributed by atoms with van der Waals surface area (Å²) in [7, 11) is 0. The van der Waals surface area contributed by atoms with Gasteiger partial charge in [-0.05, 0) is 48.4 Å². The van der Waals surface area contributed by atoms with Gasteiger partial charge in [0.2, 0.25) is 5.91 Å². The van der Waals surface area contributed by atoms with Gasteiger partial charge < -0.3 is 10.2 Å². The molecule has 0 atom stereocenters. The highest BCUT2D eigenvalue weighted by Gasteiger charge is 2.14. The zero-order valence-electron chi connectivity index (χ0n) is 15.2. The van der Waals surface area contributed by atoms with Gasteiger partial charge in [0, 0.05) is 36.1 Å². The number of nitrogens with zero attached hydrogens (tertiary/aromatic N) is 2. The number of halogens is 1. The first kappa shape index (κ1) is 20.7. The number of nitriles is 1. The van der Waals surface area contributed by atoms with E-state index in [4.69, 9.17) is 5.26 Å². The van der Waals surface area contributed by atoms with Crippen molar-refractivity contribution in [3.8, 4) is 6.07 Å². The van der Waals surface area contributed by atoms with Crippen molar-refractivity contribution in [2.24, 2.45) is 0 Å². The number of rotatable bonds is 8. The fourth-order valence-electron chi connectivity index (χ4n) is 2.61. The minimum absolute atomic E-state index is 0.00249. The van der Waals surface area contributed by atoms with Gasteiger partial charge in [-0.15, -0.1) is 0 Å². The van der Waals surface area contributed by atoms with Crippen LogP contribution in [0.5, 0.6) is 0 Å². The van der Waals surface area contributed by atoms with Crippen LogP contribution < -0.4 is 5.32 Å². The lowest BCUT2D eigenvalue weighted by molar-refractivity contribution is -0.131. The van der Waals surface area contributed by atoms with E-state index in [2.05, 4.69) is 27.3 Å². The van der Waals surface area contributed by atoms with Gasteiger partial charge in [0.05, 0.1) is 11.6 Å². The zero-order valence-corrected chi connectivity index (χ0v) is 16.8. The Balaban J connectivity index is 1.87. The molecule has 0 unspecified atom stereocenters. The van der Waals surface area contributed by atoms with Crippen molar-refractivity contribution >= 4 is 27.7 Å². The molecule has 0 aliphatic rings. The predicted molar refractivity (Wildman–Crippen MR) is 108 cm³/mol. The van der Waals surface area contributed by atoms with Crippen LogP contribution in [0.25, 0.3) is 0 Å². The Morgan fingerprint density at radius 2 is 1.78 bits per heavy atom. The van der Waals surface area contributed by atoms with E-state index in [-0.39, 0.29) is 18.2 Å². The second-order valence-electron chi connectivity index (χ2n) is 6.14. The summed E-state index contributed by atoms with van der Waals surface area (Å²) in [5.41, 5.74) is 2.14. The Kier molecular flexibility index (Phi) is 8.02. The van der Waals surface area contributed by atoms with Crippen molar-refractivity contribution in [2.45, 2.75) is 26.3 Å². The summed E-state index contributed by atoms with van der Waals surface area (Å²) >= 11 is 3.33. The molecule has 0 aliphatic carbocycles. The van der Waals surface area contributed by atoms with Crippen molar-refractivity contribution in [1.29, 1.82) is 5.26 Å². The van der Waals surface area contributed by atoms with E-state index in [1.165, 1.54) is 0 Å². The highest BCUT2D eigenvalue weighted by atomic mass is 79.9. The molecule has 2 aromatic rings. The lowest BCUT2D eigenvalue weighted by Crippen LogP contribution is -2.34. The van der Waals surface area contributed by atoms with E-state index in [9.17, 15) is 9.59 Å². The molecule has 2 aromatic carbocycles. The summed E-state index contributed by atoms with van der Waals surface area (Å²) < 4.78 is 0.909. The number of amides is 2. The summed E-state index contributed by atoms with van der Waals surface area (Å²) in [5, 5.41) is 11.7. The lowest BCUT2D eigenvalue weighted by Gasteiger charge is -2.22. The van der Waals surface area contributed by atoms with Gasteiger partial charge in [0.1, 0.15) is 0 Å². The SMILES string of the molecule is CCCN(Cc1ccc(C#N)cc1)C(=O)CCNC(=O)c1ccc(Br)cc1. The second-order valence-corrected chi connectivity index (χ2v) is 7.05. The average Bonchev–Trinajstić information content (AvgIpc) is 2.68. The molecule has 0 saturated carbocycles. The standard InChI is InChI=1S/C21H22BrN3O2/c1-2-13-25(15-17-5-3-16(14-23)4-6-17)20(26)11-12-24-21(27)18-7-9-19(22)10-8-18/h3-10H,2,11-13,15H2,1H3,(H,24,27). The zero-order chi connectivity index (χ0) is 19.6. The second kappa shape index (κ2) is 10.5. The van der Waals surface area contributed by atoms with Gasteiger partial charge >= 0.3 is 0 Å². The van der Waals surface area contributed by atoms with Gasteiger partial charge in [-0.25, -0.2) is 0 Å². The van der Waals surface area contributed by atoms with Crippen LogP contribution in [0.1, 0.15) is 41.3 Å². The number of nitrogens with one attached hydrogen (secondary N) is 1. The van der Waals surface area contributed by atoms with Gasteiger partial charge in [0.15, 0.2) is 0 Å². The van der Waals surface area contributed by atoms with Gasteiger partial charge in [-0.3, -0.25) is 9.59 Å². The molecular weight excluding hydrogens is 406 g/mol. The molecule has 140 valence electrons. The van der Waals surface area contributed by atoms with E-state index in [1.807, 2.05) is 19.1 Å². The molecule has 27 heavy (non-hydrogen) atoms. The van der Waals surface area contributed by atoms with Crippen LogP contribution in [0.15, 0.2) is 53.0 Å². The summed E-state index contributed by atoms with van der Waals surface area (Å²) in [5.74, 6) is -0.193. The fourth-order valence-corrected chi connectivity index (χ4v) is 2.88. The topological polar surface area (TPSA) is 73.2 Å². The molecule has 2 amide bonds. The summed E-state index contributed by atoms with van der Waals surface area (Å²) in [6.07, 6.45) is 1.10. The van der Waals surface area contributed by atoms with Crippen LogP contribution in [-0.2, 0) is 11.3 Å². The minimum atomic E-state index is -0.190. The van der Waals surface area contributed by atoms with Gasteiger partial charge in [-0.1, -0.05) is 35.0 Å². The van der Waals surface area contributed by atoms with Crippen LogP contribution in [-0.4, -0.2) is 29.8 Å². The van der Waals surface area contributed by atoms with Crippen LogP contribution in [0, 0.1) is 11.3 Å². The van der Waals surface area contributed by atoms with E-state index >= 15 is 0 Å². The molecule has 0 saturated heterocycles. The average molecular weight is 428 g/mol. The van der Waals surface area contributed by atoms with Crippen LogP contribution in [0.4, 0.5) is 0 Å². The summed E-state index contributed by atoms with van der Waals surface area (Å²) in [6.45, 7) is 3.47. The molecule has 1 N–H and O–H groups in total. The van der Waals surface area contributed by atoms with Crippen molar-refractivity contribution in [3.63, 3.8) is 0 Å². The smallest absolute Gasteiger partial charge is 0.251 e. The quantitative estimate of drug-likeness (QED) is 0.694. The maximum atomic E-state index is 12.5. The first-order chi connectivity index (χ1) is 13.0. The molecule has 0 bridgehead atoms. The predicted octanol–water partition coefficient (Wildman–Crippen LogP) is 3.88. The van der Waals surface area contributed by atoms with E-state index in [0.717, 1.165) is 16.5 Å². The fraction of sp³-hybridized carbons (Fsp3) is 0.286. The molecule has 0 fully saturated rings. The molecule has 6 heteroatoms. The van der Waals surface area contributed by atoms with Crippen molar-refractivity contribution < 1.29 is 9.59 Å². The van der Waals surface area contributed by atoms with Crippen molar-refractivity contribution in [2.75, 3.05) is 13.1 Å². The maximum absolute atomic E-state index is 12.5. The molecule has 5 nitrogen and oxygen atoms in total. The first-order valence-electron chi connectivity index (χ1n) is 8.84. The maximum Gasteiger partial charge on any atom is 0.251 e. The first-order valence-corrected chi connectivity index (χ1v) is 9.63. The Morgan fingerprint density at radius 1 is 1.11 bits per heavy atom. The lowest BCUT2D eigenvalue weighted by atomic mass is 10.1. The Morgan fingerprint density at radius 3 is 2.37 bits per heavy atom. The molecular formula is C21H22BrN3O2. The molecule has 0 heterocycles. The van der Waals surface area contributed by atoms with Crippen LogP contribution in [0.3, 0.4) is 0 Å². The monoisotopic (exact) mass is 427 g/mol. The summed E-state index contributed by atoms with van der Waals surface area (Å²) in [4.78, 5) is 26.4. The van der Waals surface area contributed by atoms with Gasteiger partial charge in [0.25, 0.3) is 5.91 Å². The normalized spacial score (nSPS) is 10.1. The molecule has 0 spiro atoms. The summed E-state index contributed by atoms with van der Waals surface area (Å²) in [6, 6.07) is 16.4. The molecule has 2 rings (SSSR count). The Bertz CT molecular complexity index is 811. The van der Waals surface area contributed by atoms with Crippen LogP contribution in [0.2, 0.25) is 0 Å². The number of carbonyl (C=O) groups excluding carboxylic acids is 2. The largest absolute Gasteiger partial charge is 0.352 e. The highest BCUT2D eigenvalue weighted by molar-refractivity contribution is 9.10. The number of benzene rings is 2. The van der Waals surface area contributed by atoms with Crippen molar-refractivity contribution in [3.05, 3.63) is 69.7 Å². The Labute approximate surface area is 168 Å². The van der Waals surface area contributed by atoms with E-state index in [1.54, 1.807) is 41.3 Å². The third-order valence-electron chi connectivity index (χ3n) is 4.03. The molecule has 0 aromatic heterocycles. The van der Waals surface area contributed by atoms with E-state index < -0.39 is 0 Å². The number of hydrogen-bond donors (Lipinski definition) is 1. The third-order valence-corrected chi connectivity index (χ3v) is 4.56. The third kappa shape index (κ3) is 6.54. The van der Waals surface area contributed by atoms with Crippen LogP contribution >= 0.6 is 15.9 Å². The van der Waals surface area contributed by atoms with E-state index in [0.29, 0.717) is 30.8 Å². The number of carbonyl (C=O) groups is 2.